The Hall–Kier alpha value is -2.60. The van der Waals surface area contributed by atoms with Gasteiger partial charge in [0.05, 0.1) is 0 Å². The second kappa shape index (κ2) is 11.2. The summed E-state index contributed by atoms with van der Waals surface area (Å²) in [4.78, 5) is 38.2. The van der Waals surface area contributed by atoms with E-state index in [4.69, 9.17) is 0 Å². The summed E-state index contributed by atoms with van der Waals surface area (Å²) in [6, 6.07) is 8.29. The largest absolute Gasteiger partial charge is 0.356 e. The molecule has 1 aromatic carbocycles. The maximum absolute atomic E-state index is 13.1. The van der Waals surface area contributed by atoms with Crippen molar-refractivity contribution in [1.29, 1.82) is 0 Å². The van der Waals surface area contributed by atoms with E-state index in [9.17, 15) is 9.59 Å². The molecule has 1 aliphatic heterocycles. The molecule has 2 fully saturated rings. The van der Waals surface area contributed by atoms with Crippen molar-refractivity contribution >= 4 is 17.4 Å². The predicted molar refractivity (Wildman–Crippen MR) is 135 cm³/mol. The zero-order valence-electron chi connectivity index (χ0n) is 20.9. The van der Waals surface area contributed by atoms with Gasteiger partial charge in [-0.1, -0.05) is 25.1 Å². The minimum absolute atomic E-state index is 0.0358. The van der Waals surface area contributed by atoms with Crippen LogP contribution in [0.25, 0.3) is 0 Å². The molecule has 1 saturated carbocycles. The van der Waals surface area contributed by atoms with Gasteiger partial charge in [-0.05, 0) is 81.6 Å². The van der Waals surface area contributed by atoms with E-state index < -0.39 is 0 Å². The van der Waals surface area contributed by atoms with E-state index in [2.05, 4.69) is 51.8 Å². The molecule has 0 spiro atoms. The lowest BCUT2D eigenvalue weighted by molar-refractivity contribution is -0.122. The highest BCUT2D eigenvalue weighted by Gasteiger charge is 2.25. The Labute approximate surface area is 203 Å². The number of nitrogens with zero attached hydrogens (tertiary/aromatic N) is 4. The molecule has 182 valence electrons. The molecule has 2 aliphatic rings. The number of aryl methyl sites for hydroxylation is 1. The Kier molecular flexibility index (Phi) is 8.09. The van der Waals surface area contributed by atoms with Crippen LogP contribution in [0.2, 0.25) is 0 Å². The summed E-state index contributed by atoms with van der Waals surface area (Å²) in [5.41, 5.74) is 3.95. The van der Waals surface area contributed by atoms with Gasteiger partial charge in [-0.2, -0.15) is 0 Å². The van der Waals surface area contributed by atoms with Crippen molar-refractivity contribution in [3.8, 4) is 0 Å². The van der Waals surface area contributed by atoms with Crippen molar-refractivity contribution in [3.05, 3.63) is 53.0 Å². The van der Waals surface area contributed by atoms with Gasteiger partial charge in [0.2, 0.25) is 0 Å². The normalized spacial score (nSPS) is 17.0. The number of likely N-dealkylation sites (tertiary alicyclic amines) is 1. The second-order valence-corrected chi connectivity index (χ2v) is 10.2. The summed E-state index contributed by atoms with van der Waals surface area (Å²) in [5, 5.41) is 0. The van der Waals surface area contributed by atoms with Crippen molar-refractivity contribution < 1.29 is 9.59 Å². The third-order valence-electron chi connectivity index (χ3n) is 7.26. The Morgan fingerprint density at radius 1 is 1.09 bits per heavy atom. The van der Waals surface area contributed by atoms with Gasteiger partial charge in [-0.15, -0.1) is 0 Å². The molecule has 4 rings (SSSR count). The minimum atomic E-state index is 0.0358. The zero-order valence-corrected chi connectivity index (χ0v) is 20.9. The van der Waals surface area contributed by atoms with Crippen LogP contribution >= 0.6 is 0 Å². The minimum Gasteiger partial charge on any atom is -0.356 e. The van der Waals surface area contributed by atoms with E-state index in [1.54, 1.807) is 6.92 Å². The summed E-state index contributed by atoms with van der Waals surface area (Å²) in [7, 11) is 0. The average Bonchev–Trinajstić information content (AvgIpc) is 3.65. The van der Waals surface area contributed by atoms with Gasteiger partial charge in [0, 0.05) is 38.0 Å². The maximum atomic E-state index is 13.1. The lowest BCUT2D eigenvalue weighted by Crippen LogP contribution is -2.35. The Bertz CT molecular complexity index is 1010. The number of Topliss-reactive ketones (excluding diaryl/α,β-unsaturated/α-hetero) is 2. The zero-order chi connectivity index (χ0) is 24.1. The van der Waals surface area contributed by atoms with Crippen LogP contribution < -0.4 is 4.90 Å². The van der Waals surface area contributed by atoms with Gasteiger partial charge < -0.3 is 4.90 Å². The van der Waals surface area contributed by atoms with E-state index in [-0.39, 0.29) is 11.7 Å². The summed E-state index contributed by atoms with van der Waals surface area (Å²) in [6.07, 6.45) is 7.44. The fourth-order valence-corrected chi connectivity index (χ4v) is 4.93. The predicted octanol–water partition coefficient (Wildman–Crippen LogP) is 4.64. The molecular weight excluding hydrogens is 424 g/mol. The van der Waals surface area contributed by atoms with Crippen LogP contribution in [-0.2, 0) is 17.8 Å². The molecule has 0 radical (unpaired) electrons. The Morgan fingerprint density at radius 2 is 1.85 bits per heavy atom. The Balaban J connectivity index is 1.37. The van der Waals surface area contributed by atoms with E-state index in [0.717, 1.165) is 74.8 Å². The topological polar surface area (TPSA) is 66.4 Å². The number of piperidine rings is 1. The number of anilines is 1. The van der Waals surface area contributed by atoms with E-state index in [1.165, 1.54) is 24.7 Å². The van der Waals surface area contributed by atoms with Crippen LogP contribution in [0.1, 0.15) is 73.1 Å². The van der Waals surface area contributed by atoms with Gasteiger partial charge in [-0.3, -0.25) is 14.5 Å². The lowest BCUT2D eigenvalue weighted by atomic mass is 9.93. The number of hydrogen-bond donors (Lipinski definition) is 0. The monoisotopic (exact) mass is 462 g/mol. The number of benzene rings is 1. The third kappa shape index (κ3) is 6.50. The highest BCUT2D eigenvalue weighted by Crippen LogP contribution is 2.31. The van der Waals surface area contributed by atoms with Crippen molar-refractivity contribution in [2.24, 2.45) is 11.8 Å². The molecule has 0 amide bonds. The number of carbonyl (C=O) groups is 2. The maximum Gasteiger partial charge on any atom is 0.185 e. The van der Waals surface area contributed by atoms with Crippen LogP contribution in [0.15, 0.2) is 30.6 Å². The highest BCUT2D eigenvalue weighted by atomic mass is 16.1. The molecule has 0 atom stereocenters. The first-order chi connectivity index (χ1) is 16.4. The van der Waals surface area contributed by atoms with Gasteiger partial charge in [0.25, 0.3) is 0 Å². The molecule has 6 heteroatoms. The van der Waals surface area contributed by atoms with E-state index in [1.807, 2.05) is 6.07 Å². The summed E-state index contributed by atoms with van der Waals surface area (Å²) >= 11 is 0. The molecule has 0 unspecified atom stereocenters. The van der Waals surface area contributed by atoms with Gasteiger partial charge >= 0.3 is 0 Å². The number of aromatic nitrogens is 2. The van der Waals surface area contributed by atoms with Crippen LogP contribution in [0.3, 0.4) is 0 Å². The van der Waals surface area contributed by atoms with Crippen LogP contribution in [-0.4, -0.2) is 52.6 Å². The summed E-state index contributed by atoms with van der Waals surface area (Å²) in [5.74, 6) is 2.22. The number of rotatable bonds is 11. The first kappa shape index (κ1) is 24.5. The molecule has 6 nitrogen and oxygen atoms in total. The molecule has 1 aromatic heterocycles. The summed E-state index contributed by atoms with van der Waals surface area (Å²) in [6.45, 7) is 10.8. The van der Waals surface area contributed by atoms with Gasteiger partial charge in [-0.25, -0.2) is 9.97 Å². The SMILES string of the molecule is CCCN(CC1CC1)c1cc(C(=O)Cc2ccc(CN3CCC(C(C)=O)CC3)cc2C)ncn1. The van der Waals surface area contributed by atoms with Crippen LogP contribution in [0.4, 0.5) is 5.82 Å². The molecule has 1 aliphatic carbocycles. The molecule has 2 heterocycles. The Morgan fingerprint density at radius 3 is 2.50 bits per heavy atom. The standard InChI is InChI=1S/C28H38N4O2/c1-4-11-32(18-22-5-6-22)28-16-26(29-19-30-28)27(34)15-25-8-7-23(14-20(25)2)17-31-12-9-24(10-13-31)21(3)33/h7-8,14,16,19,22,24H,4-6,9-13,15,17-18H2,1-3H3. The molecule has 2 aromatic rings. The fraction of sp³-hybridized carbons (Fsp3) is 0.571. The number of ketones is 2. The fourth-order valence-electron chi connectivity index (χ4n) is 4.93. The molecule has 0 bridgehead atoms. The molecule has 34 heavy (non-hydrogen) atoms. The van der Waals surface area contributed by atoms with E-state index in [0.29, 0.717) is 17.9 Å². The quantitative estimate of drug-likeness (QED) is 0.453. The highest BCUT2D eigenvalue weighted by molar-refractivity contribution is 5.96. The lowest BCUT2D eigenvalue weighted by Gasteiger charge is -2.30. The molecule has 0 N–H and O–H groups in total. The smallest absolute Gasteiger partial charge is 0.185 e. The number of carbonyl (C=O) groups excluding carboxylic acids is 2. The van der Waals surface area contributed by atoms with Crippen molar-refractivity contribution in [1.82, 2.24) is 14.9 Å². The third-order valence-corrected chi connectivity index (χ3v) is 7.26. The summed E-state index contributed by atoms with van der Waals surface area (Å²) < 4.78 is 0. The van der Waals surface area contributed by atoms with Crippen molar-refractivity contribution in [2.45, 2.75) is 65.8 Å². The van der Waals surface area contributed by atoms with Crippen LogP contribution in [0.5, 0.6) is 0 Å². The van der Waals surface area contributed by atoms with Crippen molar-refractivity contribution in [2.75, 3.05) is 31.1 Å². The molecular formula is C28H38N4O2. The van der Waals surface area contributed by atoms with Gasteiger partial charge in [0.15, 0.2) is 5.78 Å². The first-order valence-corrected chi connectivity index (χ1v) is 12.8. The average molecular weight is 463 g/mol. The van der Waals surface area contributed by atoms with Crippen LogP contribution in [0, 0.1) is 18.8 Å². The number of hydrogen-bond acceptors (Lipinski definition) is 6. The molecule has 1 saturated heterocycles. The first-order valence-electron chi connectivity index (χ1n) is 12.8. The van der Waals surface area contributed by atoms with E-state index >= 15 is 0 Å². The second-order valence-electron chi connectivity index (χ2n) is 10.2. The van der Waals surface area contributed by atoms with Crippen molar-refractivity contribution in [3.63, 3.8) is 0 Å². The van der Waals surface area contributed by atoms with Gasteiger partial charge in [0.1, 0.15) is 23.6 Å².